The maximum atomic E-state index is 12.8. The van der Waals surface area contributed by atoms with Gasteiger partial charge in [0.2, 0.25) is 21.8 Å². The number of piperidine rings is 1. The van der Waals surface area contributed by atoms with Gasteiger partial charge in [0.05, 0.1) is 11.4 Å². The number of hydrogen-bond acceptors (Lipinski definition) is 6. The van der Waals surface area contributed by atoms with Gasteiger partial charge in [0.1, 0.15) is 4.90 Å². The second-order valence-electron chi connectivity index (χ2n) is 6.57. The van der Waals surface area contributed by atoms with E-state index in [1.165, 1.54) is 4.31 Å². The molecule has 3 heterocycles. The lowest BCUT2D eigenvalue weighted by Gasteiger charge is -2.29. The molecule has 2 aromatic heterocycles. The smallest absolute Gasteiger partial charge is 0.246 e. The van der Waals surface area contributed by atoms with E-state index in [2.05, 4.69) is 20.4 Å². The lowest BCUT2D eigenvalue weighted by Crippen LogP contribution is -2.38. The molecule has 3 rings (SSSR count). The first-order chi connectivity index (χ1) is 11.3. The summed E-state index contributed by atoms with van der Waals surface area (Å²) in [5.41, 5.74) is 1.08. The van der Waals surface area contributed by atoms with Crippen LogP contribution in [0.25, 0.3) is 0 Å². The lowest BCUT2D eigenvalue weighted by atomic mass is 9.98. The maximum Gasteiger partial charge on any atom is 0.246 e. The van der Waals surface area contributed by atoms with Crippen molar-refractivity contribution in [2.24, 2.45) is 0 Å². The third-order valence-corrected chi connectivity index (χ3v) is 6.57. The van der Waals surface area contributed by atoms with Gasteiger partial charge >= 0.3 is 0 Å². The maximum absolute atomic E-state index is 12.8. The first-order valence-corrected chi connectivity index (χ1v) is 9.59. The molecule has 8 nitrogen and oxygen atoms in total. The number of aromatic amines is 1. The van der Waals surface area contributed by atoms with Crippen LogP contribution in [-0.4, -0.2) is 46.2 Å². The Morgan fingerprint density at radius 3 is 2.38 bits per heavy atom. The van der Waals surface area contributed by atoms with Crippen molar-refractivity contribution < 1.29 is 12.8 Å². The summed E-state index contributed by atoms with van der Waals surface area (Å²) in [4.78, 5) is 0.292. The van der Waals surface area contributed by atoms with Crippen LogP contribution >= 0.6 is 0 Å². The van der Waals surface area contributed by atoms with Crippen molar-refractivity contribution >= 4 is 10.0 Å². The van der Waals surface area contributed by atoms with Crippen LogP contribution in [0.5, 0.6) is 0 Å². The molecule has 0 unspecified atom stereocenters. The molecule has 1 aliphatic rings. The molecule has 0 radical (unpaired) electrons. The number of rotatable bonds is 4. The first-order valence-electron chi connectivity index (χ1n) is 8.15. The van der Waals surface area contributed by atoms with E-state index in [0.717, 1.165) is 0 Å². The van der Waals surface area contributed by atoms with Gasteiger partial charge in [-0.2, -0.15) is 9.40 Å². The van der Waals surface area contributed by atoms with Crippen molar-refractivity contribution in [3.63, 3.8) is 0 Å². The summed E-state index contributed by atoms with van der Waals surface area (Å²) in [5, 5.41) is 14.9. The Hall–Kier alpha value is -1.74. The highest BCUT2D eigenvalue weighted by Gasteiger charge is 2.34. The minimum Gasteiger partial charge on any atom is -0.425 e. The van der Waals surface area contributed by atoms with Gasteiger partial charge in [-0.05, 0) is 26.7 Å². The molecule has 0 saturated carbocycles. The van der Waals surface area contributed by atoms with Gasteiger partial charge in [-0.25, -0.2) is 8.42 Å². The van der Waals surface area contributed by atoms with Crippen molar-refractivity contribution in [2.75, 3.05) is 13.1 Å². The summed E-state index contributed by atoms with van der Waals surface area (Å²) >= 11 is 0. The Morgan fingerprint density at radius 1 is 1.21 bits per heavy atom. The highest BCUT2D eigenvalue weighted by molar-refractivity contribution is 7.89. The zero-order chi connectivity index (χ0) is 17.5. The van der Waals surface area contributed by atoms with Gasteiger partial charge in [0.25, 0.3) is 0 Å². The predicted octanol–water partition coefficient (Wildman–Crippen LogP) is 2.10. The fourth-order valence-corrected chi connectivity index (χ4v) is 4.84. The number of H-pyrrole nitrogens is 1. The van der Waals surface area contributed by atoms with E-state index in [0.29, 0.717) is 54.0 Å². The second kappa shape index (κ2) is 6.29. The van der Waals surface area contributed by atoms with Crippen LogP contribution in [0.4, 0.5) is 0 Å². The number of aromatic nitrogens is 4. The van der Waals surface area contributed by atoms with Crippen molar-refractivity contribution in [1.29, 1.82) is 0 Å². The summed E-state index contributed by atoms with van der Waals surface area (Å²) in [6.45, 7) is 8.32. The number of hydrogen-bond donors (Lipinski definition) is 1. The molecule has 1 saturated heterocycles. The van der Waals surface area contributed by atoms with Gasteiger partial charge in [0.15, 0.2) is 0 Å². The summed E-state index contributed by atoms with van der Waals surface area (Å²) < 4.78 is 32.9. The van der Waals surface area contributed by atoms with Crippen molar-refractivity contribution in [1.82, 2.24) is 24.7 Å². The highest BCUT2D eigenvalue weighted by atomic mass is 32.2. The molecular formula is C15H23N5O3S. The largest absolute Gasteiger partial charge is 0.425 e. The van der Waals surface area contributed by atoms with Crippen LogP contribution in [0.3, 0.4) is 0 Å². The van der Waals surface area contributed by atoms with E-state index >= 15 is 0 Å². The lowest BCUT2D eigenvalue weighted by molar-refractivity contribution is 0.284. The van der Waals surface area contributed by atoms with Gasteiger partial charge in [-0.15, -0.1) is 10.2 Å². The minimum absolute atomic E-state index is 0.114. The van der Waals surface area contributed by atoms with Crippen LogP contribution in [0.2, 0.25) is 0 Å². The van der Waals surface area contributed by atoms with Crippen LogP contribution in [-0.2, 0) is 10.0 Å². The molecule has 0 aliphatic carbocycles. The number of sulfonamides is 1. The predicted molar refractivity (Wildman–Crippen MR) is 87.2 cm³/mol. The fourth-order valence-electron chi connectivity index (χ4n) is 3.04. The molecule has 0 atom stereocenters. The molecule has 0 spiro atoms. The first kappa shape index (κ1) is 17.1. The van der Waals surface area contributed by atoms with E-state index < -0.39 is 10.0 Å². The van der Waals surface area contributed by atoms with Crippen LogP contribution in [0.15, 0.2) is 9.31 Å². The van der Waals surface area contributed by atoms with Gasteiger partial charge in [-0.3, -0.25) is 5.10 Å². The number of aryl methyl sites for hydroxylation is 2. The van der Waals surface area contributed by atoms with E-state index in [-0.39, 0.29) is 11.8 Å². The summed E-state index contributed by atoms with van der Waals surface area (Å²) in [5.74, 6) is 1.55. The topological polar surface area (TPSA) is 105 Å². The monoisotopic (exact) mass is 353 g/mol. The Kier molecular flexibility index (Phi) is 4.48. The molecular weight excluding hydrogens is 330 g/mol. The van der Waals surface area contributed by atoms with Crippen molar-refractivity contribution in [3.05, 3.63) is 23.2 Å². The second-order valence-corrected chi connectivity index (χ2v) is 8.45. The summed E-state index contributed by atoms with van der Waals surface area (Å²) in [6.07, 6.45) is 1.35. The van der Waals surface area contributed by atoms with Crippen LogP contribution in [0.1, 0.15) is 61.7 Å². The van der Waals surface area contributed by atoms with Gasteiger partial charge < -0.3 is 4.42 Å². The average Bonchev–Trinajstić information content (AvgIpc) is 3.15. The van der Waals surface area contributed by atoms with Gasteiger partial charge in [0, 0.05) is 24.9 Å². The van der Waals surface area contributed by atoms with E-state index in [1.807, 2.05) is 13.8 Å². The van der Waals surface area contributed by atoms with Crippen LogP contribution < -0.4 is 0 Å². The summed E-state index contributed by atoms with van der Waals surface area (Å²) in [7, 11) is -3.52. The SMILES string of the molecule is Cc1n[nH]c(C)c1S(=O)(=O)N1CCC(c2nnc(C(C)C)o2)CC1. The zero-order valence-electron chi connectivity index (χ0n) is 14.4. The fraction of sp³-hybridized carbons (Fsp3) is 0.667. The molecule has 9 heteroatoms. The Bertz CT molecular complexity index is 797. The average molecular weight is 353 g/mol. The minimum atomic E-state index is -3.52. The molecule has 2 aromatic rings. The number of nitrogens with zero attached hydrogens (tertiary/aromatic N) is 4. The zero-order valence-corrected chi connectivity index (χ0v) is 15.2. The van der Waals surface area contributed by atoms with E-state index in [9.17, 15) is 8.42 Å². The summed E-state index contributed by atoms with van der Waals surface area (Å²) in [6, 6.07) is 0. The third-order valence-electron chi connectivity index (χ3n) is 4.41. The Balaban J connectivity index is 1.72. The van der Waals surface area contributed by atoms with E-state index in [4.69, 9.17) is 4.42 Å². The van der Waals surface area contributed by atoms with Crippen molar-refractivity contribution in [3.8, 4) is 0 Å². The molecule has 0 bridgehead atoms. The standard InChI is InChI=1S/C15H23N5O3S/c1-9(2)14-18-19-15(23-14)12-5-7-20(8-6-12)24(21,22)13-10(3)16-17-11(13)4/h9,12H,5-8H2,1-4H3,(H,16,17). The molecule has 0 amide bonds. The molecule has 132 valence electrons. The van der Waals surface area contributed by atoms with Crippen molar-refractivity contribution in [2.45, 2.75) is 57.3 Å². The quantitative estimate of drug-likeness (QED) is 0.902. The molecule has 1 fully saturated rings. The molecule has 1 aliphatic heterocycles. The molecule has 24 heavy (non-hydrogen) atoms. The molecule has 0 aromatic carbocycles. The molecule has 1 N–H and O–H groups in total. The van der Waals surface area contributed by atoms with Gasteiger partial charge in [-0.1, -0.05) is 13.8 Å². The van der Waals surface area contributed by atoms with E-state index in [1.54, 1.807) is 13.8 Å². The normalized spacial score (nSPS) is 17.7. The number of nitrogens with one attached hydrogen (secondary N) is 1. The van der Waals surface area contributed by atoms with Crippen LogP contribution in [0, 0.1) is 13.8 Å². The Morgan fingerprint density at radius 2 is 1.88 bits per heavy atom. The Labute approximate surface area is 141 Å². The highest BCUT2D eigenvalue weighted by Crippen LogP contribution is 2.31. The third kappa shape index (κ3) is 2.98.